The summed E-state index contributed by atoms with van der Waals surface area (Å²) < 4.78 is 0. The lowest BCUT2D eigenvalue weighted by molar-refractivity contribution is 0.458. The van der Waals surface area contributed by atoms with Gasteiger partial charge in [0.25, 0.3) is 0 Å². The van der Waals surface area contributed by atoms with Crippen molar-refractivity contribution in [3.05, 3.63) is 30.1 Å². The summed E-state index contributed by atoms with van der Waals surface area (Å²) in [6.45, 7) is 3.26. The number of pyridine rings is 1. The maximum Gasteiger partial charge on any atom is 0.0270 e. The molecule has 1 N–H and O–H groups in total. The maximum absolute atomic E-state index is 5.33. The first-order chi connectivity index (χ1) is 8.36. The summed E-state index contributed by atoms with van der Waals surface area (Å²) in [7, 11) is 0. The van der Waals surface area contributed by atoms with Crippen molar-refractivity contribution in [3.8, 4) is 12.3 Å². The summed E-state index contributed by atoms with van der Waals surface area (Å²) in [5, 5.41) is 3.56. The van der Waals surface area contributed by atoms with Crippen LogP contribution in [0.4, 0.5) is 0 Å². The van der Waals surface area contributed by atoms with Crippen molar-refractivity contribution in [1.29, 1.82) is 0 Å². The zero-order valence-electron chi connectivity index (χ0n) is 10.7. The van der Waals surface area contributed by atoms with Gasteiger partial charge in [-0.25, -0.2) is 0 Å². The van der Waals surface area contributed by atoms with Crippen LogP contribution in [0.5, 0.6) is 0 Å². The monoisotopic (exact) mass is 230 g/mol. The molecule has 92 valence electrons. The van der Waals surface area contributed by atoms with E-state index in [-0.39, 0.29) is 0 Å². The second kappa shape index (κ2) is 8.78. The van der Waals surface area contributed by atoms with Crippen molar-refractivity contribution in [3.63, 3.8) is 0 Å². The number of hydrogen-bond donors (Lipinski definition) is 1. The number of terminal acetylenes is 1. The number of hydrogen-bond acceptors (Lipinski definition) is 2. The highest BCUT2D eigenvalue weighted by atomic mass is 14.9. The third kappa shape index (κ3) is 6.09. The third-order valence-electron chi connectivity index (χ3n) is 2.85. The van der Waals surface area contributed by atoms with Gasteiger partial charge < -0.3 is 5.32 Å². The molecule has 0 radical (unpaired) electrons. The van der Waals surface area contributed by atoms with E-state index in [4.69, 9.17) is 6.42 Å². The van der Waals surface area contributed by atoms with E-state index in [0.29, 0.717) is 6.04 Å². The third-order valence-corrected chi connectivity index (χ3v) is 2.85. The number of aryl methyl sites for hydroxylation is 1. The van der Waals surface area contributed by atoms with E-state index in [1.165, 1.54) is 12.0 Å². The minimum Gasteiger partial charge on any atom is -0.314 e. The van der Waals surface area contributed by atoms with Crippen molar-refractivity contribution in [1.82, 2.24) is 10.3 Å². The van der Waals surface area contributed by atoms with Gasteiger partial charge >= 0.3 is 0 Å². The van der Waals surface area contributed by atoms with E-state index < -0.39 is 0 Å². The van der Waals surface area contributed by atoms with E-state index in [1.54, 1.807) is 0 Å². The van der Waals surface area contributed by atoms with Crippen LogP contribution in [0.25, 0.3) is 0 Å². The first kappa shape index (κ1) is 13.7. The molecule has 1 aromatic heterocycles. The predicted molar refractivity (Wildman–Crippen MR) is 72.7 cm³/mol. The van der Waals surface area contributed by atoms with Gasteiger partial charge in [-0.1, -0.05) is 6.92 Å². The molecular weight excluding hydrogens is 208 g/mol. The number of rotatable bonds is 8. The molecule has 1 aromatic rings. The van der Waals surface area contributed by atoms with Gasteiger partial charge in [0, 0.05) is 24.9 Å². The topological polar surface area (TPSA) is 24.9 Å². The molecule has 2 heteroatoms. The largest absolute Gasteiger partial charge is 0.314 e. The smallest absolute Gasteiger partial charge is 0.0270 e. The predicted octanol–water partition coefficient (Wildman–Crippen LogP) is 2.80. The van der Waals surface area contributed by atoms with Crippen LogP contribution in [0, 0.1) is 12.3 Å². The molecule has 1 rings (SSSR count). The second-order valence-corrected chi connectivity index (χ2v) is 4.29. The van der Waals surface area contributed by atoms with E-state index in [2.05, 4.69) is 35.3 Å². The first-order valence-corrected chi connectivity index (χ1v) is 6.42. The molecule has 0 aliphatic heterocycles. The maximum atomic E-state index is 5.33. The SMILES string of the molecule is C#CCCC(CCc1ccncc1)NCCC. The Kier molecular flexibility index (Phi) is 7.09. The zero-order chi connectivity index (χ0) is 12.3. The standard InChI is InChI=1S/C15H22N2/c1-3-5-6-15(17-11-4-2)8-7-14-9-12-16-13-10-14/h1,9-10,12-13,15,17H,4-8,11H2,2H3. The Hall–Kier alpha value is -1.33. The summed E-state index contributed by atoms with van der Waals surface area (Å²) in [5.41, 5.74) is 1.35. The Morgan fingerprint density at radius 2 is 2.12 bits per heavy atom. The highest BCUT2D eigenvalue weighted by Gasteiger charge is 2.06. The molecule has 0 spiro atoms. The first-order valence-electron chi connectivity index (χ1n) is 6.42. The lowest BCUT2D eigenvalue weighted by Crippen LogP contribution is -2.30. The van der Waals surface area contributed by atoms with Crippen molar-refractivity contribution >= 4 is 0 Å². The average Bonchev–Trinajstić information content (AvgIpc) is 2.39. The normalized spacial score (nSPS) is 12.0. The summed E-state index contributed by atoms with van der Waals surface area (Å²) in [5.74, 6) is 2.72. The molecule has 0 saturated carbocycles. The molecule has 0 saturated heterocycles. The Bertz CT molecular complexity index is 327. The molecule has 0 aliphatic carbocycles. The van der Waals surface area contributed by atoms with Crippen molar-refractivity contribution in [2.75, 3.05) is 6.54 Å². The Labute approximate surface area is 105 Å². The second-order valence-electron chi connectivity index (χ2n) is 4.29. The molecule has 1 atom stereocenters. The summed E-state index contributed by atoms with van der Waals surface area (Å²) in [6, 6.07) is 4.70. The number of nitrogens with zero attached hydrogens (tertiary/aromatic N) is 1. The van der Waals surface area contributed by atoms with Crippen LogP contribution in [-0.4, -0.2) is 17.6 Å². The van der Waals surface area contributed by atoms with E-state index in [0.717, 1.165) is 32.2 Å². The van der Waals surface area contributed by atoms with Gasteiger partial charge in [-0.3, -0.25) is 4.98 Å². The zero-order valence-corrected chi connectivity index (χ0v) is 10.7. The van der Waals surface area contributed by atoms with Crippen LogP contribution in [0.1, 0.15) is 38.2 Å². The van der Waals surface area contributed by atoms with Crippen LogP contribution in [-0.2, 0) is 6.42 Å². The lowest BCUT2D eigenvalue weighted by atomic mass is 10.0. The van der Waals surface area contributed by atoms with Gasteiger partial charge in [0.2, 0.25) is 0 Å². The van der Waals surface area contributed by atoms with Crippen LogP contribution in [0.15, 0.2) is 24.5 Å². The molecule has 1 heterocycles. The summed E-state index contributed by atoms with van der Waals surface area (Å²) in [6.07, 6.45) is 14.4. The Balaban J connectivity index is 2.35. The van der Waals surface area contributed by atoms with Crippen molar-refractivity contribution < 1.29 is 0 Å². The molecule has 0 aromatic carbocycles. The number of aromatic nitrogens is 1. The fourth-order valence-corrected chi connectivity index (χ4v) is 1.84. The highest BCUT2D eigenvalue weighted by molar-refractivity contribution is 5.09. The van der Waals surface area contributed by atoms with Crippen LogP contribution >= 0.6 is 0 Å². The fourth-order valence-electron chi connectivity index (χ4n) is 1.84. The van der Waals surface area contributed by atoms with Gasteiger partial charge in [-0.2, -0.15) is 0 Å². The molecule has 1 unspecified atom stereocenters. The molecule has 0 bridgehead atoms. The molecule has 2 nitrogen and oxygen atoms in total. The molecule has 17 heavy (non-hydrogen) atoms. The minimum absolute atomic E-state index is 0.541. The highest BCUT2D eigenvalue weighted by Crippen LogP contribution is 2.08. The summed E-state index contributed by atoms with van der Waals surface area (Å²) >= 11 is 0. The fraction of sp³-hybridized carbons (Fsp3) is 0.533. The summed E-state index contributed by atoms with van der Waals surface area (Å²) in [4.78, 5) is 4.03. The van der Waals surface area contributed by atoms with Crippen LogP contribution in [0.3, 0.4) is 0 Å². The van der Waals surface area contributed by atoms with Gasteiger partial charge in [0.1, 0.15) is 0 Å². The number of nitrogens with one attached hydrogen (secondary N) is 1. The average molecular weight is 230 g/mol. The van der Waals surface area contributed by atoms with Gasteiger partial charge in [0.15, 0.2) is 0 Å². The van der Waals surface area contributed by atoms with Crippen LogP contribution < -0.4 is 5.32 Å². The quantitative estimate of drug-likeness (QED) is 0.695. The molecule has 0 aliphatic rings. The van der Waals surface area contributed by atoms with Crippen molar-refractivity contribution in [2.45, 2.75) is 45.1 Å². The van der Waals surface area contributed by atoms with Gasteiger partial charge in [0.05, 0.1) is 0 Å². The molecular formula is C15H22N2. The molecule has 0 amide bonds. The van der Waals surface area contributed by atoms with Gasteiger partial charge in [-0.15, -0.1) is 12.3 Å². The van der Waals surface area contributed by atoms with E-state index in [1.807, 2.05) is 12.4 Å². The van der Waals surface area contributed by atoms with E-state index in [9.17, 15) is 0 Å². The molecule has 0 fully saturated rings. The lowest BCUT2D eigenvalue weighted by Gasteiger charge is -2.17. The Morgan fingerprint density at radius 1 is 1.35 bits per heavy atom. The van der Waals surface area contributed by atoms with Gasteiger partial charge in [-0.05, 0) is 49.9 Å². The minimum atomic E-state index is 0.541. The van der Waals surface area contributed by atoms with Crippen molar-refractivity contribution in [2.24, 2.45) is 0 Å². The van der Waals surface area contributed by atoms with Crippen LogP contribution in [0.2, 0.25) is 0 Å². The van der Waals surface area contributed by atoms with E-state index >= 15 is 0 Å². The Morgan fingerprint density at radius 3 is 2.76 bits per heavy atom.